The number of benzene rings is 2. The zero-order valence-corrected chi connectivity index (χ0v) is 26.6. The van der Waals surface area contributed by atoms with E-state index in [1.165, 1.54) is 10.4 Å². The fourth-order valence-electron chi connectivity index (χ4n) is 4.24. The van der Waals surface area contributed by atoms with Gasteiger partial charge < -0.3 is 20.5 Å². The molecule has 0 spiro atoms. The summed E-state index contributed by atoms with van der Waals surface area (Å²) in [5, 5.41) is 14.0. The molecule has 0 atom stereocenters. The molecule has 0 saturated carbocycles. The lowest BCUT2D eigenvalue weighted by Gasteiger charge is -2.34. The third kappa shape index (κ3) is 10.5. The topological polar surface area (TPSA) is 128 Å². The van der Waals surface area contributed by atoms with E-state index in [1.807, 2.05) is 0 Å². The quantitative estimate of drug-likeness (QED) is 0.368. The molecule has 3 N–H and O–H groups in total. The van der Waals surface area contributed by atoms with Crippen LogP contribution in [0.15, 0.2) is 45.8 Å². The third-order valence-electron chi connectivity index (χ3n) is 6.59. The highest BCUT2D eigenvalue weighted by Gasteiger charge is 2.38. The third-order valence-corrected chi connectivity index (χ3v) is 9.84. The number of ether oxygens (including phenoxy) is 1. The van der Waals surface area contributed by atoms with Crippen LogP contribution >= 0.6 is 39.1 Å². The van der Waals surface area contributed by atoms with E-state index < -0.39 is 22.2 Å². The van der Waals surface area contributed by atoms with Crippen molar-refractivity contribution >= 4 is 61.0 Å². The number of sulfonamides is 1. The Labute approximate surface area is 265 Å². The fourth-order valence-corrected chi connectivity index (χ4v) is 6.61. The first kappa shape index (κ1) is 35.3. The number of hydrogen-bond donors (Lipinski definition) is 3. The Hall–Kier alpha value is -2.14. The van der Waals surface area contributed by atoms with E-state index in [1.54, 1.807) is 30.3 Å². The largest absolute Gasteiger partial charge is 0.490 e. The number of piperidine rings is 1. The molecule has 2 aliphatic heterocycles. The molecule has 2 heterocycles. The molecule has 0 unspecified atom stereocenters. The van der Waals surface area contributed by atoms with Crippen molar-refractivity contribution in [2.75, 3.05) is 52.4 Å². The van der Waals surface area contributed by atoms with Gasteiger partial charge >= 0.3 is 12.1 Å². The van der Waals surface area contributed by atoms with Crippen LogP contribution in [0.4, 0.5) is 13.2 Å². The number of alkyl halides is 3. The molecule has 238 valence electrons. The van der Waals surface area contributed by atoms with Crippen LogP contribution < -0.4 is 15.4 Å². The van der Waals surface area contributed by atoms with Crippen LogP contribution in [-0.2, 0) is 14.8 Å². The summed E-state index contributed by atoms with van der Waals surface area (Å²) in [5.41, 5.74) is 0.443. The summed E-state index contributed by atoms with van der Waals surface area (Å²) >= 11 is 15.4. The van der Waals surface area contributed by atoms with Gasteiger partial charge in [-0.2, -0.15) is 17.5 Å². The molecule has 1 amide bonds. The van der Waals surface area contributed by atoms with Gasteiger partial charge in [0.25, 0.3) is 5.91 Å². The van der Waals surface area contributed by atoms with E-state index in [2.05, 4.69) is 31.5 Å². The van der Waals surface area contributed by atoms with Crippen LogP contribution in [0, 0.1) is 0 Å². The molecule has 17 heteroatoms. The summed E-state index contributed by atoms with van der Waals surface area (Å²) in [6, 6.07) is 9.71. The van der Waals surface area contributed by atoms with Gasteiger partial charge in [-0.15, -0.1) is 0 Å². The Morgan fingerprint density at radius 1 is 1.05 bits per heavy atom. The van der Waals surface area contributed by atoms with Gasteiger partial charge in [-0.05, 0) is 78.3 Å². The van der Waals surface area contributed by atoms with Crippen molar-refractivity contribution in [3.8, 4) is 5.75 Å². The lowest BCUT2D eigenvalue weighted by Crippen LogP contribution is -2.50. The molecule has 2 aromatic carbocycles. The van der Waals surface area contributed by atoms with Gasteiger partial charge in [-0.3, -0.25) is 9.69 Å². The number of nitrogens with one attached hydrogen (secondary N) is 2. The second-order valence-electron chi connectivity index (χ2n) is 9.59. The van der Waals surface area contributed by atoms with E-state index in [9.17, 15) is 26.4 Å². The molecule has 0 bridgehead atoms. The minimum absolute atomic E-state index is 0.131. The van der Waals surface area contributed by atoms with Crippen LogP contribution in [0.1, 0.15) is 23.2 Å². The Morgan fingerprint density at radius 3 is 2.23 bits per heavy atom. The van der Waals surface area contributed by atoms with E-state index in [4.69, 9.17) is 37.8 Å². The number of amides is 1. The van der Waals surface area contributed by atoms with E-state index in [0.29, 0.717) is 65.1 Å². The number of carboxylic acid groups (broad SMARTS) is 1. The number of nitrogens with zero attached hydrogens (tertiary/aromatic N) is 2. The van der Waals surface area contributed by atoms with Crippen LogP contribution in [0.2, 0.25) is 10.0 Å². The maximum absolute atomic E-state index is 13.2. The van der Waals surface area contributed by atoms with Gasteiger partial charge in [0, 0.05) is 44.8 Å². The van der Waals surface area contributed by atoms with Crippen LogP contribution in [0.25, 0.3) is 0 Å². The maximum Gasteiger partial charge on any atom is 0.490 e. The van der Waals surface area contributed by atoms with Crippen LogP contribution in [0.3, 0.4) is 0 Å². The molecule has 10 nitrogen and oxygen atoms in total. The highest BCUT2D eigenvalue weighted by Crippen LogP contribution is 2.31. The van der Waals surface area contributed by atoms with Crippen molar-refractivity contribution in [3.63, 3.8) is 0 Å². The smallest absolute Gasteiger partial charge is 0.489 e. The summed E-state index contributed by atoms with van der Waals surface area (Å²) in [6.45, 7) is 4.84. The van der Waals surface area contributed by atoms with E-state index in [-0.39, 0.29) is 16.9 Å². The summed E-state index contributed by atoms with van der Waals surface area (Å²) in [4.78, 5) is 23.6. The Bertz CT molecular complexity index is 1390. The molecule has 2 aromatic rings. The predicted octanol–water partition coefficient (Wildman–Crippen LogP) is 4.26. The fraction of sp³-hybridized carbons (Fsp3) is 0.462. The van der Waals surface area contributed by atoms with Crippen LogP contribution in [-0.4, -0.2) is 99.2 Å². The number of carbonyl (C=O) groups excluding carboxylic acids is 1. The number of halogens is 6. The minimum Gasteiger partial charge on any atom is -0.489 e. The SMILES string of the molecule is O=C(NCCN1CCN(S(=O)(=O)c2ccc(OC3CCNCC3)c(Br)c2)CC1)c1ccc(Cl)c(Cl)c1.O=C(O)C(F)(F)F. The van der Waals surface area contributed by atoms with Crippen molar-refractivity contribution in [2.24, 2.45) is 0 Å². The zero-order chi connectivity index (χ0) is 31.8. The second kappa shape index (κ2) is 15.7. The Morgan fingerprint density at radius 2 is 1.67 bits per heavy atom. The average molecular weight is 734 g/mol. The summed E-state index contributed by atoms with van der Waals surface area (Å²) < 4.78 is 66.4. The van der Waals surface area contributed by atoms with Gasteiger partial charge in [0.15, 0.2) is 0 Å². The molecule has 2 fully saturated rings. The molecule has 4 rings (SSSR count). The van der Waals surface area contributed by atoms with E-state index >= 15 is 0 Å². The summed E-state index contributed by atoms with van der Waals surface area (Å²) in [5.74, 6) is -2.32. The molecular formula is C26H30BrCl2F3N4O6S. The van der Waals surface area contributed by atoms with Gasteiger partial charge in [0.1, 0.15) is 11.9 Å². The number of carboxylic acids is 1. The lowest BCUT2D eigenvalue weighted by molar-refractivity contribution is -0.192. The summed E-state index contributed by atoms with van der Waals surface area (Å²) in [7, 11) is -3.62. The number of rotatable bonds is 8. The Kier molecular flexibility index (Phi) is 12.9. The molecule has 0 radical (unpaired) electrons. The number of piperazine rings is 1. The molecule has 2 saturated heterocycles. The number of carbonyl (C=O) groups is 2. The normalized spacial score (nSPS) is 17.1. The molecule has 2 aliphatic rings. The highest BCUT2D eigenvalue weighted by atomic mass is 79.9. The van der Waals surface area contributed by atoms with Crippen molar-refractivity contribution in [2.45, 2.75) is 30.0 Å². The lowest BCUT2D eigenvalue weighted by atomic mass is 10.1. The predicted molar refractivity (Wildman–Crippen MR) is 158 cm³/mol. The van der Waals surface area contributed by atoms with Gasteiger partial charge in [-0.25, -0.2) is 13.2 Å². The maximum atomic E-state index is 13.2. The monoisotopic (exact) mass is 732 g/mol. The first-order valence-corrected chi connectivity index (χ1v) is 16.1. The molecular weight excluding hydrogens is 704 g/mol. The van der Waals surface area contributed by atoms with E-state index in [0.717, 1.165) is 25.9 Å². The van der Waals surface area contributed by atoms with Gasteiger partial charge in [0.2, 0.25) is 10.0 Å². The average Bonchev–Trinajstić information content (AvgIpc) is 2.96. The number of aliphatic carboxylic acids is 1. The summed E-state index contributed by atoms with van der Waals surface area (Å²) in [6.07, 6.45) is -3.10. The molecule has 0 aromatic heterocycles. The first-order chi connectivity index (χ1) is 20.2. The van der Waals surface area contributed by atoms with Gasteiger partial charge in [-0.1, -0.05) is 23.2 Å². The molecule has 0 aliphatic carbocycles. The number of hydrogen-bond acceptors (Lipinski definition) is 7. The minimum atomic E-state index is -5.08. The Balaban J connectivity index is 0.000000646. The zero-order valence-electron chi connectivity index (χ0n) is 22.7. The standard InChI is InChI=1S/C24H29BrCl2N4O4S.C2HF3O2/c25-20-16-19(2-4-23(20)35-18-5-7-28-8-6-18)36(33,34)31-13-11-30(12-14-31)10-9-29-24(32)17-1-3-21(26)22(27)15-17;3-2(4,5)1(6)7/h1-4,15-16,18,28H,5-14H2,(H,29,32);(H,6,7). The molecule has 43 heavy (non-hydrogen) atoms. The van der Waals surface area contributed by atoms with Crippen LogP contribution in [0.5, 0.6) is 5.75 Å². The first-order valence-electron chi connectivity index (χ1n) is 13.1. The van der Waals surface area contributed by atoms with Gasteiger partial charge in [0.05, 0.1) is 19.4 Å². The van der Waals surface area contributed by atoms with Crippen molar-refractivity contribution in [3.05, 3.63) is 56.5 Å². The second-order valence-corrected chi connectivity index (χ2v) is 13.2. The van der Waals surface area contributed by atoms with Crippen molar-refractivity contribution in [1.29, 1.82) is 0 Å². The highest BCUT2D eigenvalue weighted by molar-refractivity contribution is 9.10. The van der Waals surface area contributed by atoms with Crippen molar-refractivity contribution in [1.82, 2.24) is 19.8 Å². The van der Waals surface area contributed by atoms with Crippen molar-refractivity contribution < 1.29 is 41.0 Å².